The Morgan fingerprint density at radius 1 is 1.25 bits per heavy atom. The highest BCUT2D eigenvalue weighted by molar-refractivity contribution is 6.03. The highest BCUT2D eigenvalue weighted by Crippen LogP contribution is 2.38. The first-order valence-corrected chi connectivity index (χ1v) is 6.60. The predicted octanol–water partition coefficient (Wildman–Crippen LogP) is 2.20. The number of carbonyl (C=O) groups excluding carboxylic acids is 2. The van der Waals surface area contributed by atoms with E-state index in [1.54, 1.807) is 31.4 Å². The highest BCUT2D eigenvalue weighted by Gasteiger charge is 2.51. The number of β-lactam (4-membered cyclic amide) rings is 1. The van der Waals surface area contributed by atoms with Crippen molar-refractivity contribution in [2.24, 2.45) is 11.8 Å². The Bertz CT molecular complexity index is 509. The van der Waals surface area contributed by atoms with E-state index in [9.17, 15) is 9.59 Å². The molecule has 1 aromatic carbocycles. The van der Waals surface area contributed by atoms with Crippen molar-refractivity contribution in [2.45, 2.75) is 27.0 Å². The normalized spacial score (nSPS) is 21.6. The lowest BCUT2D eigenvalue weighted by molar-refractivity contribution is -0.163. The summed E-state index contributed by atoms with van der Waals surface area (Å²) < 4.78 is 10.4. The molecule has 0 saturated carbocycles. The van der Waals surface area contributed by atoms with E-state index < -0.39 is 6.23 Å². The smallest absolute Gasteiger partial charge is 0.304 e. The summed E-state index contributed by atoms with van der Waals surface area (Å²) in [5.74, 6) is 0.164. The molecule has 20 heavy (non-hydrogen) atoms. The topological polar surface area (TPSA) is 55.8 Å². The van der Waals surface area contributed by atoms with Crippen molar-refractivity contribution in [3.63, 3.8) is 0 Å². The van der Waals surface area contributed by atoms with Crippen LogP contribution in [0.2, 0.25) is 0 Å². The molecule has 2 rings (SSSR count). The quantitative estimate of drug-likeness (QED) is 0.625. The number of rotatable bonds is 4. The maximum atomic E-state index is 12.3. The molecule has 1 fully saturated rings. The Morgan fingerprint density at radius 2 is 1.85 bits per heavy atom. The van der Waals surface area contributed by atoms with Gasteiger partial charge in [-0.15, -0.1) is 0 Å². The maximum Gasteiger partial charge on any atom is 0.304 e. The van der Waals surface area contributed by atoms with Crippen LogP contribution in [0.25, 0.3) is 0 Å². The second kappa shape index (κ2) is 5.53. The summed E-state index contributed by atoms with van der Waals surface area (Å²) in [5.41, 5.74) is 0.707. The van der Waals surface area contributed by atoms with Gasteiger partial charge in [0.1, 0.15) is 5.75 Å². The van der Waals surface area contributed by atoms with Gasteiger partial charge < -0.3 is 9.47 Å². The zero-order valence-electron chi connectivity index (χ0n) is 12.1. The fourth-order valence-electron chi connectivity index (χ4n) is 2.41. The van der Waals surface area contributed by atoms with Crippen LogP contribution in [0.5, 0.6) is 5.75 Å². The van der Waals surface area contributed by atoms with Gasteiger partial charge in [-0.05, 0) is 30.2 Å². The molecule has 0 N–H and O–H groups in total. The summed E-state index contributed by atoms with van der Waals surface area (Å²) in [4.78, 5) is 25.0. The standard InChI is InChI=1S/C15H19NO4/c1-9(2)13-14(18)16(15(13)20-10(3)17)11-5-7-12(19-4)8-6-11/h5-9,13,15H,1-4H3/t13-,15-/m1/s1. The van der Waals surface area contributed by atoms with Crippen LogP contribution in [-0.2, 0) is 14.3 Å². The van der Waals surface area contributed by atoms with E-state index in [1.165, 1.54) is 11.8 Å². The third kappa shape index (κ3) is 2.48. The number of hydrogen-bond donors (Lipinski definition) is 0. The molecule has 1 aliphatic heterocycles. The number of hydrogen-bond acceptors (Lipinski definition) is 4. The molecule has 1 amide bonds. The van der Waals surface area contributed by atoms with Crippen LogP contribution in [-0.4, -0.2) is 25.2 Å². The minimum atomic E-state index is -0.520. The maximum absolute atomic E-state index is 12.3. The lowest BCUT2D eigenvalue weighted by Crippen LogP contribution is -2.64. The SMILES string of the molecule is COc1ccc(N2C(=O)[C@@H](C(C)C)[C@H]2OC(C)=O)cc1. The molecule has 0 radical (unpaired) electrons. The number of methoxy groups -OCH3 is 1. The molecule has 0 spiro atoms. The predicted molar refractivity (Wildman–Crippen MR) is 74.4 cm³/mol. The molecule has 108 valence electrons. The Morgan fingerprint density at radius 3 is 2.30 bits per heavy atom. The number of esters is 1. The van der Waals surface area contributed by atoms with Gasteiger partial charge >= 0.3 is 5.97 Å². The van der Waals surface area contributed by atoms with E-state index in [0.717, 1.165) is 0 Å². The summed E-state index contributed by atoms with van der Waals surface area (Å²) in [5, 5.41) is 0. The van der Waals surface area contributed by atoms with Gasteiger partial charge in [-0.2, -0.15) is 0 Å². The third-order valence-corrected chi connectivity index (χ3v) is 3.44. The number of ether oxygens (including phenoxy) is 2. The van der Waals surface area contributed by atoms with Crippen molar-refractivity contribution >= 4 is 17.6 Å². The molecular weight excluding hydrogens is 258 g/mol. The summed E-state index contributed by atoms with van der Waals surface area (Å²) in [7, 11) is 1.58. The van der Waals surface area contributed by atoms with Gasteiger partial charge in [0.05, 0.1) is 13.0 Å². The summed E-state index contributed by atoms with van der Waals surface area (Å²) in [6.45, 7) is 5.25. The average Bonchev–Trinajstić information content (AvgIpc) is 2.38. The third-order valence-electron chi connectivity index (χ3n) is 3.44. The lowest BCUT2D eigenvalue weighted by Gasteiger charge is -2.47. The fraction of sp³-hybridized carbons (Fsp3) is 0.467. The van der Waals surface area contributed by atoms with Gasteiger partial charge in [0.15, 0.2) is 6.23 Å². The monoisotopic (exact) mass is 277 g/mol. The molecule has 1 aromatic rings. The van der Waals surface area contributed by atoms with Crippen LogP contribution in [0, 0.1) is 11.8 Å². The number of anilines is 1. The summed E-state index contributed by atoms with van der Waals surface area (Å²) in [6.07, 6.45) is -0.520. The minimum Gasteiger partial charge on any atom is -0.497 e. The lowest BCUT2D eigenvalue weighted by atomic mass is 9.84. The molecule has 5 heteroatoms. The summed E-state index contributed by atoms with van der Waals surface area (Å²) >= 11 is 0. The first kappa shape index (κ1) is 14.4. The number of nitrogens with zero attached hydrogens (tertiary/aromatic N) is 1. The Kier molecular flexibility index (Phi) is 3.97. The molecule has 1 saturated heterocycles. The minimum absolute atomic E-state index is 0.0172. The van der Waals surface area contributed by atoms with Crippen molar-refractivity contribution in [1.82, 2.24) is 0 Å². The molecule has 1 heterocycles. The van der Waals surface area contributed by atoms with Gasteiger partial charge in [0.25, 0.3) is 0 Å². The molecule has 0 aromatic heterocycles. The van der Waals surface area contributed by atoms with Gasteiger partial charge in [0, 0.05) is 12.6 Å². The fourth-order valence-corrected chi connectivity index (χ4v) is 2.41. The van der Waals surface area contributed by atoms with Crippen molar-refractivity contribution in [1.29, 1.82) is 0 Å². The molecule has 5 nitrogen and oxygen atoms in total. The average molecular weight is 277 g/mol. The van der Waals surface area contributed by atoms with Crippen LogP contribution in [0.4, 0.5) is 5.69 Å². The van der Waals surface area contributed by atoms with Crippen molar-refractivity contribution in [3.05, 3.63) is 24.3 Å². The van der Waals surface area contributed by atoms with E-state index in [0.29, 0.717) is 11.4 Å². The van der Waals surface area contributed by atoms with E-state index >= 15 is 0 Å². The van der Waals surface area contributed by atoms with Crippen LogP contribution >= 0.6 is 0 Å². The van der Waals surface area contributed by atoms with Crippen LogP contribution in [0.1, 0.15) is 20.8 Å². The van der Waals surface area contributed by atoms with Crippen LogP contribution in [0.3, 0.4) is 0 Å². The van der Waals surface area contributed by atoms with E-state index in [2.05, 4.69) is 0 Å². The van der Waals surface area contributed by atoms with Crippen molar-refractivity contribution in [3.8, 4) is 5.75 Å². The zero-order valence-corrected chi connectivity index (χ0v) is 12.1. The number of amides is 1. The van der Waals surface area contributed by atoms with E-state index in [4.69, 9.17) is 9.47 Å². The van der Waals surface area contributed by atoms with Gasteiger partial charge in [-0.1, -0.05) is 13.8 Å². The van der Waals surface area contributed by atoms with E-state index in [-0.39, 0.29) is 23.7 Å². The van der Waals surface area contributed by atoms with Crippen molar-refractivity contribution < 1.29 is 19.1 Å². The molecular formula is C15H19NO4. The molecule has 1 aliphatic rings. The van der Waals surface area contributed by atoms with Crippen LogP contribution in [0.15, 0.2) is 24.3 Å². The van der Waals surface area contributed by atoms with Gasteiger partial charge in [0.2, 0.25) is 5.91 Å². The number of benzene rings is 1. The second-order valence-corrected chi connectivity index (χ2v) is 5.18. The van der Waals surface area contributed by atoms with Crippen molar-refractivity contribution in [2.75, 3.05) is 12.0 Å². The zero-order chi connectivity index (χ0) is 14.9. The van der Waals surface area contributed by atoms with Gasteiger partial charge in [-0.25, -0.2) is 0 Å². The molecule has 0 bridgehead atoms. The van der Waals surface area contributed by atoms with E-state index in [1.807, 2.05) is 13.8 Å². The first-order chi connectivity index (χ1) is 9.45. The number of carbonyl (C=O) groups is 2. The summed E-state index contributed by atoms with van der Waals surface area (Å²) in [6, 6.07) is 7.11. The second-order valence-electron chi connectivity index (χ2n) is 5.18. The Labute approximate surface area is 118 Å². The highest BCUT2D eigenvalue weighted by atomic mass is 16.6. The Hall–Kier alpha value is -2.04. The largest absolute Gasteiger partial charge is 0.497 e. The van der Waals surface area contributed by atoms with Crippen LogP contribution < -0.4 is 9.64 Å². The first-order valence-electron chi connectivity index (χ1n) is 6.60. The molecule has 2 atom stereocenters. The Balaban J connectivity index is 2.24. The molecule has 0 aliphatic carbocycles. The van der Waals surface area contributed by atoms with Gasteiger partial charge in [-0.3, -0.25) is 14.5 Å². The molecule has 0 unspecified atom stereocenters.